The Bertz CT molecular complexity index is 302. The minimum Gasteiger partial charge on any atom is -0.316 e. The highest BCUT2D eigenvalue weighted by molar-refractivity contribution is 7.99. The number of benzene rings is 1. The van der Waals surface area contributed by atoms with E-state index in [4.69, 9.17) is 11.6 Å². The summed E-state index contributed by atoms with van der Waals surface area (Å²) in [6.07, 6.45) is 2.48. The third kappa shape index (κ3) is 4.06. The fraction of sp³-hybridized carbons (Fsp3) is 0.500. The third-order valence-electron chi connectivity index (χ3n) is 2.16. The highest BCUT2D eigenvalue weighted by atomic mass is 35.5. The van der Waals surface area contributed by atoms with Gasteiger partial charge in [0.2, 0.25) is 0 Å². The van der Waals surface area contributed by atoms with Crippen molar-refractivity contribution >= 4 is 23.4 Å². The second kappa shape index (κ2) is 7.15. The molecule has 0 aliphatic rings. The van der Waals surface area contributed by atoms with E-state index in [1.165, 1.54) is 23.3 Å². The van der Waals surface area contributed by atoms with Gasteiger partial charge in [0.15, 0.2) is 0 Å². The number of nitrogens with one attached hydrogen (secondary N) is 1. The monoisotopic (exact) mass is 243 g/mol. The summed E-state index contributed by atoms with van der Waals surface area (Å²) in [4.78, 5) is 1.24. The summed E-state index contributed by atoms with van der Waals surface area (Å²) in [5.41, 5.74) is 1.30. The fourth-order valence-electron chi connectivity index (χ4n) is 1.36. The first-order chi connectivity index (χ1) is 7.29. The zero-order valence-corrected chi connectivity index (χ0v) is 10.9. The van der Waals surface area contributed by atoms with Crippen molar-refractivity contribution in [3.8, 4) is 0 Å². The lowest BCUT2D eigenvalue weighted by molar-refractivity contribution is 0.803. The van der Waals surface area contributed by atoms with Gasteiger partial charge in [-0.05, 0) is 30.9 Å². The van der Waals surface area contributed by atoms with Gasteiger partial charge in [0.25, 0.3) is 0 Å². The Labute approximate surface area is 102 Å². The van der Waals surface area contributed by atoms with Crippen molar-refractivity contribution in [3.05, 3.63) is 28.8 Å². The fourth-order valence-corrected chi connectivity index (χ4v) is 2.89. The van der Waals surface area contributed by atoms with Crippen LogP contribution in [0.15, 0.2) is 23.1 Å². The van der Waals surface area contributed by atoms with Crippen molar-refractivity contribution in [3.63, 3.8) is 0 Å². The van der Waals surface area contributed by atoms with Gasteiger partial charge in [-0.1, -0.05) is 37.1 Å². The smallest absolute Gasteiger partial charge is 0.0545 e. The normalized spacial score (nSPS) is 10.6. The van der Waals surface area contributed by atoms with Crippen LogP contribution in [0.3, 0.4) is 0 Å². The van der Waals surface area contributed by atoms with Crippen LogP contribution in [0.5, 0.6) is 0 Å². The molecule has 0 aliphatic heterocycles. The summed E-state index contributed by atoms with van der Waals surface area (Å²) >= 11 is 8.06. The Morgan fingerprint density at radius 1 is 1.40 bits per heavy atom. The lowest BCUT2D eigenvalue weighted by Gasteiger charge is -2.10. The molecule has 0 heterocycles. The van der Waals surface area contributed by atoms with Crippen LogP contribution in [-0.4, -0.2) is 12.8 Å². The minimum atomic E-state index is 0.879. The lowest BCUT2D eigenvalue weighted by Crippen LogP contribution is -2.06. The average Bonchev–Trinajstić information content (AvgIpc) is 2.23. The summed E-state index contributed by atoms with van der Waals surface area (Å²) in [6.45, 7) is 3.09. The standard InChI is InChI=1S/C12H18ClNS/c1-3-4-8-15-12-10(9-14-2)6-5-7-11(12)13/h5-7,14H,3-4,8-9H2,1-2H3. The number of thioether (sulfide) groups is 1. The lowest BCUT2D eigenvalue weighted by atomic mass is 10.2. The zero-order chi connectivity index (χ0) is 11.1. The van der Waals surface area contributed by atoms with Gasteiger partial charge in [-0.2, -0.15) is 0 Å². The molecule has 0 saturated heterocycles. The molecule has 84 valence electrons. The number of unbranched alkanes of at least 4 members (excludes halogenated alkanes) is 1. The number of hydrogen-bond acceptors (Lipinski definition) is 2. The van der Waals surface area contributed by atoms with Gasteiger partial charge in [-0.3, -0.25) is 0 Å². The molecule has 0 saturated carbocycles. The Hall–Kier alpha value is -0.180. The first-order valence-corrected chi connectivity index (χ1v) is 6.70. The van der Waals surface area contributed by atoms with E-state index in [0.717, 1.165) is 17.3 Å². The van der Waals surface area contributed by atoms with E-state index in [9.17, 15) is 0 Å². The second-order valence-corrected chi connectivity index (χ2v) is 4.97. The molecule has 0 bridgehead atoms. The van der Waals surface area contributed by atoms with Crippen LogP contribution in [0.2, 0.25) is 5.02 Å². The van der Waals surface area contributed by atoms with Gasteiger partial charge in [0, 0.05) is 11.4 Å². The van der Waals surface area contributed by atoms with Gasteiger partial charge < -0.3 is 5.32 Å². The molecule has 1 N–H and O–H groups in total. The molecule has 1 aromatic rings. The molecule has 0 aromatic heterocycles. The van der Waals surface area contributed by atoms with Crippen molar-refractivity contribution in [1.82, 2.24) is 5.32 Å². The summed E-state index contributed by atoms with van der Waals surface area (Å²) in [7, 11) is 1.96. The zero-order valence-electron chi connectivity index (χ0n) is 9.35. The molecular weight excluding hydrogens is 226 g/mol. The Kier molecular flexibility index (Phi) is 6.15. The summed E-state index contributed by atoms with van der Waals surface area (Å²) < 4.78 is 0. The van der Waals surface area contributed by atoms with E-state index in [1.807, 2.05) is 30.9 Å². The molecule has 3 heteroatoms. The van der Waals surface area contributed by atoms with Crippen LogP contribution in [0.4, 0.5) is 0 Å². The molecule has 15 heavy (non-hydrogen) atoms. The molecule has 1 rings (SSSR count). The second-order valence-electron chi connectivity index (χ2n) is 3.46. The highest BCUT2D eigenvalue weighted by Crippen LogP contribution is 2.31. The summed E-state index contributed by atoms with van der Waals surface area (Å²) in [5.74, 6) is 1.15. The van der Waals surface area contributed by atoms with Crippen LogP contribution in [0, 0.1) is 0 Å². The molecule has 1 nitrogen and oxygen atoms in total. The number of hydrogen-bond donors (Lipinski definition) is 1. The van der Waals surface area contributed by atoms with Crippen molar-refractivity contribution in [2.45, 2.75) is 31.2 Å². The van der Waals surface area contributed by atoms with Crippen LogP contribution in [-0.2, 0) is 6.54 Å². The topological polar surface area (TPSA) is 12.0 Å². The van der Waals surface area contributed by atoms with Gasteiger partial charge >= 0.3 is 0 Å². The van der Waals surface area contributed by atoms with Crippen LogP contribution in [0.25, 0.3) is 0 Å². The summed E-state index contributed by atoms with van der Waals surface area (Å²) in [5, 5.41) is 4.05. The van der Waals surface area contributed by atoms with Crippen molar-refractivity contribution in [2.75, 3.05) is 12.8 Å². The van der Waals surface area contributed by atoms with Crippen LogP contribution < -0.4 is 5.32 Å². The molecule has 0 aliphatic carbocycles. The SMILES string of the molecule is CCCCSc1c(Cl)cccc1CNC. The number of rotatable bonds is 6. The van der Waals surface area contributed by atoms with Gasteiger partial charge in [0.1, 0.15) is 0 Å². The van der Waals surface area contributed by atoms with Gasteiger partial charge in [-0.15, -0.1) is 11.8 Å². The maximum absolute atomic E-state index is 6.20. The van der Waals surface area contributed by atoms with Crippen molar-refractivity contribution in [2.24, 2.45) is 0 Å². The minimum absolute atomic E-state index is 0.879. The first-order valence-electron chi connectivity index (χ1n) is 5.34. The third-order valence-corrected chi connectivity index (χ3v) is 3.85. The van der Waals surface area contributed by atoms with Gasteiger partial charge in [0.05, 0.1) is 5.02 Å². The molecule has 0 fully saturated rings. The average molecular weight is 244 g/mol. The summed E-state index contributed by atoms with van der Waals surface area (Å²) in [6, 6.07) is 6.12. The van der Waals surface area contributed by atoms with E-state index < -0.39 is 0 Å². The highest BCUT2D eigenvalue weighted by Gasteiger charge is 2.06. The molecule has 0 atom stereocenters. The number of halogens is 1. The maximum atomic E-state index is 6.20. The molecule has 0 unspecified atom stereocenters. The van der Waals surface area contributed by atoms with E-state index >= 15 is 0 Å². The van der Waals surface area contributed by atoms with Crippen LogP contribution >= 0.6 is 23.4 Å². The predicted octanol–water partition coefficient (Wildman–Crippen LogP) is 3.95. The Morgan fingerprint density at radius 2 is 2.20 bits per heavy atom. The molecule has 0 radical (unpaired) electrons. The van der Waals surface area contributed by atoms with E-state index in [-0.39, 0.29) is 0 Å². The first kappa shape index (κ1) is 12.9. The Balaban J connectivity index is 2.72. The predicted molar refractivity (Wildman–Crippen MR) is 69.8 cm³/mol. The largest absolute Gasteiger partial charge is 0.316 e. The quantitative estimate of drug-likeness (QED) is 0.600. The van der Waals surface area contributed by atoms with Crippen molar-refractivity contribution in [1.29, 1.82) is 0 Å². The van der Waals surface area contributed by atoms with Crippen molar-refractivity contribution < 1.29 is 0 Å². The van der Waals surface area contributed by atoms with Crippen LogP contribution in [0.1, 0.15) is 25.3 Å². The molecule has 0 amide bonds. The van der Waals surface area contributed by atoms with E-state index in [1.54, 1.807) is 0 Å². The van der Waals surface area contributed by atoms with Gasteiger partial charge in [-0.25, -0.2) is 0 Å². The molecular formula is C12H18ClNS. The maximum Gasteiger partial charge on any atom is 0.0545 e. The van der Waals surface area contributed by atoms with E-state index in [0.29, 0.717) is 0 Å². The Morgan fingerprint density at radius 3 is 2.87 bits per heavy atom. The molecule has 1 aromatic carbocycles. The van der Waals surface area contributed by atoms with E-state index in [2.05, 4.69) is 18.3 Å². The molecule has 0 spiro atoms.